The first-order chi connectivity index (χ1) is 14.6. The molecule has 0 amide bonds. The first kappa shape index (κ1) is 18.3. The number of nitriles is 1. The van der Waals surface area contributed by atoms with Crippen LogP contribution in [0.25, 0.3) is 17.0 Å². The molecular weight excluding hydrogens is 380 g/mol. The van der Waals surface area contributed by atoms with Crippen molar-refractivity contribution in [2.24, 2.45) is 0 Å². The van der Waals surface area contributed by atoms with E-state index in [1.165, 1.54) is 12.5 Å². The lowest BCUT2D eigenvalue weighted by atomic mass is 9.98. The van der Waals surface area contributed by atoms with Gasteiger partial charge in [-0.05, 0) is 25.0 Å². The maximum Gasteiger partial charge on any atom is 0.134 e. The number of hydrogen-bond acceptors (Lipinski definition) is 8. The van der Waals surface area contributed by atoms with Crippen LogP contribution in [0.5, 0.6) is 5.75 Å². The van der Waals surface area contributed by atoms with Crippen molar-refractivity contribution in [2.75, 3.05) is 18.1 Å². The van der Waals surface area contributed by atoms with Gasteiger partial charge in [0.25, 0.3) is 0 Å². The van der Waals surface area contributed by atoms with E-state index < -0.39 is 0 Å². The Morgan fingerprint density at radius 1 is 1.20 bits per heavy atom. The Balaban J connectivity index is 1.24. The third-order valence-corrected chi connectivity index (χ3v) is 5.71. The molecule has 0 radical (unpaired) electrons. The number of anilines is 2. The number of fused-ring (bicyclic) bond motifs is 2. The number of nitrogens with zero attached hydrogens (tertiary/aromatic N) is 4. The summed E-state index contributed by atoms with van der Waals surface area (Å²) in [6.45, 7) is 0.447. The summed E-state index contributed by atoms with van der Waals surface area (Å²) < 4.78 is 12.2. The molecule has 8 nitrogen and oxygen atoms in total. The van der Waals surface area contributed by atoms with Crippen LogP contribution in [0.1, 0.15) is 35.6 Å². The molecule has 1 aliphatic carbocycles. The van der Waals surface area contributed by atoms with Crippen molar-refractivity contribution >= 4 is 28.5 Å². The molecule has 1 aromatic carbocycles. The van der Waals surface area contributed by atoms with Crippen molar-refractivity contribution in [3.8, 4) is 11.8 Å². The molecule has 1 fully saturated rings. The number of ether oxygens (including phenoxy) is 2. The maximum absolute atomic E-state index is 9.08. The van der Waals surface area contributed by atoms with Gasteiger partial charge in [-0.25, -0.2) is 9.97 Å². The van der Waals surface area contributed by atoms with E-state index in [2.05, 4.69) is 21.0 Å². The molecule has 30 heavy (non-hydrogen) atoms. The second kappa shape index (κ2) is 7.28. The van der Waals surface area contributed by atoms with Gasteiger partial charge in [0.05, 0.1) is 34.7 Å². The summed E-state index contributed by atoms with van der Waals surface area (Å²) in [6.07, 6.45) is 8.95. The van der Waals surface area contributed by atoms with E-state index in [1.807, 2.05) is 30.3 Å². The fraction of sp³-hybridized carbons (Fsp3) is 0.273. The highest BCUT2D eigenvalue weighted by Gasteiger charge is 2.35. The summed E-state index contributed by atoms with van der Waals surface area (Å²) in [6, 6.07) is 7.54. The average molecular weight is 400 g/mol. The molecule has 1 saturated heterocycles. The van der Waals surface area contributed by atoms with E-state index in [9.17, 15) is 0 Å². The minimum absolute atomic E-state index is 0.00123. The van der Waals surface area contributed by atoms with Gasteiger partial charge in [0.2, 0.25) is 0 Å². The van der Waals surface area contributed by atoms with Crippen LogP contribution < -0.4 is 16.2 Å². The molecule has 2 aliphatic rings. The monoisotopic (exact) mass is 400 g/mol. The first-order valence-electron chi connectivity index (χ1n) is 9.79. The minimum Gasteiger partial charge on any atom is -0.491 e. The smallest absolute Gasteiger partial charge is 0.134 e. The quantitative estimate of drug-likeness (QED) is 0.683. The highest BCUT2D eigenvalue weighted by Crippen LogP contribution is 2.39. The predicted octanol–water partition coefficient (Wildman–Crippen LogP) is 2.80. The molecule has 2 unspecified atom stereocenters. The summed E-state index contributed by atoms with van der Waals surface area (Å²) in [5.41, 5.74) is 15.3. The zero-order valence-corrected chi connectivity index (χ0v) is 16.2. The summed E-state index contributed by atoms with van der Waals surface area (Å²) in [5.74, 6) is 1.29. The maximum atomic E-state index is 9.08. The van der Waals surface area contributed by atoms with Crippen LogP contribution in [0.2, 0.25) is 0 Å². The molecule has 3 heterocycles. The minimum atomic E-state index is 0.00123. The fourth-order valence-corrected chi connectivity index (χ4v) is 4.13. The Labute approximate surface area is 173 Å². The third-order valence-electron chi connectivity index (χ3n) is 5.71. The highest BCUT2D eigenvalue weighted by atomic mass is 16.5. The topological polar surface area (TPSA) is 133 Å². The fourth-order valence-electron chi connectivity index (χ4n) is 4.13. The summed E-state index contributed by atoms with van der Waals surface area (Å²) in [7, 11) is 0. The molecule has 3 atom stereocenters. The van der Waals surface area contributed by atoms with Gasteiger partial charge in [-0.2, -0.15) is 5.26 Å². The molecule has 3 aromatic rings. The van der Waals surface area contributed by atoms with Crippen molar-refractivity contribution in [1.82, 2.24) is 15.0 Å². The molecule has 0 bridgehead atoms. The Morgan fingerprint density at radius 3 is 2.97 bits per heavy atom. The number of aromatic nitrogens is 3. The standard InChI is InChI=1S/C22H20N6O2/c23-8-12-9-26-18-7-13(1-3-15(18)20(12)24)29-10-14-2-6-19(30-14)16-4-5-17-21(16)27-11-28-22(17)25/h1,3-5,7,9,11,14,16,19H,2,6,10H2,(H2,24,26)(H2,25,27,28)/t14-,16?,19?/m0/s1. The van der Waals surface area contributed by atoms with Gasteiger partial charge in [-0.3, -0.25) is 4.98 Å². The van der Waals surface area contributed by atoms with E-state index in [0.717, 1.165) is 29.5 Å². The number of rotatable bonds is 4. The lowest BCUT2D eigenvalue weighted by Gasteiger charge is -2.19. The van der Waals surface area contributed by atoms with Crippen molar-refractivity contribution in [1.29, 1.82) is 5.26 Å². The zero-order chi connectivity index (χ0) is 20.7. The van der Waals surface area contributed by atoms with Crippen LogP contribution in [0.4, 0.5) is 11.5 Å². The number of pyridine rings is 1. The van der Waals surface area contributed by atoms with E-state index in [0.29, 0.717) is 34.9 Å². The molecule has 1 aliphatic heterocycles. The van der Waals surface area contributed by atoms with Gasteiger partial charge in [0.15, 0.2) is 0 Å². The molecule has 4 N–H and O–H groups in total. The third kappa shape index (κ3) is 3.09. The highest BCUT2D eigenvalue weighted by molar-refractivity contribution is 5.93. The van der Waals surface area contributed by atoms with E-state index in [4.69, 9.17) is 26.2 Å². The summed E-state index contributed by atoms with van der Waals surface area (Å²) >= 11 is 0. The van der Waals surface area contributed by atoms with Gasteiger partial charge in [0.1, 0.15) is 30.6 Å². The molecule has 0 saturated carbocycles. The van der Waals surface area contributed by atoms with Crippen molar-refractivity contribution in [3.05, 3.63) is 53.6 Å². The van der Waals surface area contributed by atoms with Crippen LogP contribution >= 0.6 is 0 Å². The molecule has 2 aromatic heterocycles. The van der Waals surface area contributed by atoms with Crippen LogP contribution in [0.3, 0.4) is 0 Å². The van der Waals surface area contributed by atoms with E-state index in [1.54, 1.807) is 0 Å². The first-order valence-corrected chi connectivity index (χ1v) is 9.79. The molecule has 8 heteroatoms. The Hall–Kier alpha value is -3.70. The summed E-state index contributed by atoms with van der Waals surface area (Å²) in [4.78, 5) is 12.8. The molecule has 150 valence electrons. The van der Waals surface area contributed by atoms with Crippen LogP contribution in [-0.4, -0.2) is 33.8 Å². The van der Waals surface area contributed by atoms with Crippen LogP contribution in [0, 0.1) is 11.3 Å². The summed E-state index contributed by atoms with van der Waals surface area (Å²) in [5, 5.41) is 9.82. The van der Waals surface area contributed by atoms with Gasteiger partial charge in [-0.15, -0.1) is 0 Å². The van der Waals surface area contributed by atoms with E-state index >= 15 is 0 Å². The largest absolute Gasteiger partial charge is 0.491 e. The van der Waals surface area contributed by atoms with Crippen LogP contribution in [-0.2, 0) is 4.74 Å². The number of nitrogens with two attached hydrogens (primary N) is 2. The Bertz CT molecular complexity index is 1200. The molecule has 0 spiro atoms. The predicted molar refractivity (Wildman–Crippen MR) is 112 cm³/mol. The van der Waals surface area contributed by atoms with Crippen molar-refractivity contribution in [3.63, 3.8) is 0 Å². The molecule has 5 rings (SSSR count). The number of hydrogen-bond donors (Lipinski definition) is 2. The zero-order valence-electron chi connectivity index (χ0n) is 16.2. The Morgan fingerprint density at radius 2 is 2.10 bits per heavy atom. The van der Waals surface area contributed by atoms with E-state index in [-0.39, 0.29) is 18.1 Å². The molecular formula is C22H20N6O2. The lowest BCUT2D eigenvalue weighted by Crippen LogP contribution is -2.22. The number of nitrogen functional groups attached to an aromatic ring is 2. The SMILES string of the molecule is N#Cc1cnc2cc(OC[C@@H]3CCC(C4C=Cc5c(N)ncnc54)O3)ccc2c1N. The van der Waals surface area contributed by atoms with Gasteiger partial charge < -0.3 is 20.9 Å². The van der Waals surface area contributed by atoms with Crippen LogP contribution in [0.15, 0.2) is 36.8 Å². The Kier molecular flexibility index (Phi) is 4.45. The normalized spacial score (nSPS) is 22.2. The van der Waals surface area contributed by atoms with Gasteiger partial charge in [0, 0.05) is 29.1 Å². The second-order valence-corrected chi connectivity index (χ2v) is 7.50. The van der Waals surface area contributed by atoms with Gasteiger partial charge in [-0.1, -0.05) is 12.2 Å². The lowest BCUT2D eigenvalue weighted by molar-refractivity contribution is 0.0120. The second-order valence-electron chi connectivity index (χ2n) is 7.50. The number of benzene rings is 1. The average Bonchev–Trinajstić information content (AvgIpc) is 3.40. The van der Waals surface area contributed by atoms with Crippen molar-refractivity contribution < 1.29 is 9.47 Å². The van der Waals surface area contributed by atoms with Gasteiger partial charge >= 0.3 is 0 Å². The van der Waals surface area contributed by atoms with Crippen molar-refractivity contribution in [2.45, 2.75) is 31.0 Å².